The monoisotopic (exact) mass is 264 g/mol. The summed E-state index contributed by atoms with van der Waals surface area (Å²) in [6, 6.07) is 7.41. The van der Waals surface area contributed by atoms with E-state index in [4.69, 9.17) is 11.6 Å². The average Bonchev–Trinajstić information content (AvgIpc) is 2.62. The second-order valence-corrected chi connectivity index (χ2v) is 5.19. The van der Waals surface area contributed by atoms with Gasteiger partial charge in [0.1, 0.15) is 11.0 Å². The molecule has 0 saturated carbocycles. The van der Waals surface area contributed by atoms with Gasteiger partial charge in [-0.2, -0.15) is 0 Å². The highest BCUT2D eigenvalue weighted by Gasteiger charge is 2.35. The number of aromatic nitrogens is 1. The van der Waals surface area contributed by atoms with E-state index in [0.717, 1.165) is 30.6 Å². The molecule has 2 nitrogen and oxygen atoms in total. The van der Waals surface area contributed by atoms with Gasteiger partial charge in [-0.3, -0.25) is 0 Å². The van der Waals surface area contributed by atoms with E-state index in [1.807, 2.05) is 18.2 Å². The van der Waals surface area contributed by atoms with E-state index in [0.29, 0.717) is 5.92 Å². The van der Waals surface area contributed by atoms with Crippen molar-refractivity contribution in [3.63, 3.8) is 0 Å². The number of piperidine rings is 1. The van der Waals surface area contributed by atoms with E-state index in [1.54, 1.807) is 6.07 Å². The molecule has 94 valence electrons. The SMILES string of the molecule is Fc1cnc(Cl)ccccc2c1C1CNCC2C1. The summed E-state index contributed by atoms with van der Waals surface area (Å²) >= 11 is 5.83. The van der Waals surface area contributed by atoms with Crippen LogP contribution in [-0.2, 0) is 0 Å². The van der Waals surface area contributed by atoms with Gasteiger partial charge in [0, 0.05) is 19.0 Å². The zero-order valence-electron chi connectivity index (χ0n) is 9.87. The van der Waals surface area contributed by atoms with Gasteiger partial charge in [0.2, 0.25) is 0 Å². The van der Waals surface area contributed by atoms with Crippen molar-refractivity contribution in [2.45, 2.75) is 18.3 Å². The maximum atomic E-state index is 14.3. The van der Waals surface area contributed by atoms with Crippen LogP contribution in [0.5, 0.6) is 0 Å². The lowest BCUT2D eigenvalue weighted by molar-refractivity contribution is 0.447. The first-order chi connectivity index (χ1) is 8.75. The number of fused-ring (bicyclic) bond motifs is 5. The standard InChI is InChI=1S/C14H14ClFN2/c15-13-4-2-1-3-11-9-5-10(7-17-6-9)14(11)12(16)8-18-13/h1-4,8-10,17H,5-7H2. The van der Waals surface area contributed by atoms with Crippen LogP contribution in [-0.4, -0.2) is 18.1 Å². The molecule has 1 N–H and O–H groups in total. The van der Waals surface area contributed by atoms with Crippen LogP contribution in [0.4, 0.5) is 4.39 Å². The maximum absolute atomic E-state index is 14.3. The van der Waals surface area contributed by atoms with E-state index in [2.05, 4.69) is 10.3 Å². The predicted octanol–water partition coefficient (Wildman–Crippen LogP) is 3.17. The molecule has 4 heteroatoms. The van der Waals surface area contributed by atoms with Gasteiger partial charge in [-0.25, -0.2) is 9.37 Å². The lowest BCUT2D eigenvalue weighted by Crippen LogP contribution is -2.28. The summed E-state index contributed by atoms with van der Waals surface area (Å²) in [6.45, 7) is 1.78. The van der Waals surface area contributed by atoms with E-state index in [1.165, 1.54) is 6.20 Å². The summed E-state index contributed by atoms with van der Waals surface area (Å²) in [4.78, 5) is 3.91. The quantitative estimate of drug-likeness (QED) is 0.779. The van der Waals surface area contributed by atoms with Crippen molar-refractivity contribution in [2.24, 2.45) is 0 Å². The van der Waals surface area contributed by atoms with E-state index in [-0.39, 0.29) is 16.9 Å². The minimum atomic E-state index is -0.251. The molecular formula is C14H14ClFN2. The lowest BCUT2D eigenvalue weighted by atomic mass is 9.97. The van der Waals surface area contributed by atoms with Crippen LogP contribution in [0.15, 0.2) is 30.5 Å². The minimum Gasteiger partial charge on any atom is -0.316 e. The fourth-order valence-electron chi connectivity index (χ4n) is 2.94. The molecule has 0 amide bonds. The molecule has 1 fully saturated rings. The van der Waals surface area contributed by atoms with Crippen LogP contribution in [0, 0.1) is 5.82 Å². The van der Waals surface area contributed by atoms with Gasteiger partial charge in [0.15, 0.2) is 0 Å². The van der Waals surface area contributed by atoms with E-state index in [9.17, 15) is 4.39 Å². The Bertz CT molecular complexity index is 531. The molecule has 0 spiro atoms. The molecular weight excluding hydrogens is 251 g/mol. The number of hydrogen-bond donors (Lipinski definition) is 1. The highest BCUT2D eigenvalue weighted by atomic mass is 35.5. The molecule has 1 aliphatic heterocycles. The third kappa shape index (κ3) is 2.08. The molecule has 2 atom stereocenters. The highest BCUT2D eigenvalue weighted by Crippen LogP contribution is 2.43. The number of nitrogens with zero attached hydrogens (tertiary/aromatic N) is 1. The van der Waals surface area contributed by atoms with Gasteiger partial charge in [-0.15, -0.1) is 0 Å². The second-order valence-electron chi connectivity index (χ2n) is 4.80. The van der Waals surface area contributed by atoms with Gasteiger partial charge in [-0.1, -0.05) is 29.8 Å². The molecule has 1 aromatic heterocycles. The molecule has 2 aliphatic rings. The van der Waals surface area contributed by atoms with Gasteiger partial charge < -0.3 is 5.32 Å². The molecule has 1 saturated heterocycles. The fraction of sp³-hybridized carbons (Fsp3) is 0.357. The first kappa shape index (κ1) is 11.9. The molecule has 2 unspecified atom stereocenters. The molecule has 0 radical (unpaired) electrons. The Balaban J connectivity index is 2.24. The zero-order chi connectivity index (χ0) is 12.5. The van der Waals surface area contributed by atoms with Gasteiger partial charge in [0.05, 0.1) is 6.20 Å². The Labute approximate surface area is 111 Å². The Hall–Kier alpha value is -1.19. The Morgan fingerprint density at radius 1 is 1.22 bits per heavy atom. The number of rotatable bonds is 0. The molecule has 2 bridgehead atoms. The topological polar surface area (TPSA) is 24.9 Å². The van der Waals surface area contributed by atoms with Gasteiger partial charge in [-0.05, 0) is 29.5 Å². The van der Waals surface area contributed by atoms with Crippen LogP contribution in [0.25, 0.3) is 0 Å². The summed E-state index contributed by atoms with van der Waals surface area (Å²) in [5.41, 5.74) is 1.92. The third-order valence-corrected chi connectivity index (χ3v) is 3.91. The Morgan fingerprint density at radius 2 is 2.00 bits per heavy atom. The summed E-state index contributed by atoms with van der Waals surface area (Å²) < 4.78 is 14.3. The van der Waals surface area contributed by atoms with Crippen molar-refractivity contribution in [1.82, 2.24) is 10.3 Å². The molecule has 0 aromatic carbocycles. The van der Waals surface area contributed by atoms with Crippen LogP contribution >= 0.6 is 11.6 Å². The summed E-state index contributed by atoms with van der Waals surface area (Å²) in [5.74, 6) is 0.428. The molecule has 1 aromatic rings. The van der Waals surface area contributed by atoms with Crippen molar-refractivity contribution in [3.8, 4) is 0 Å². The van der Waals surface area contributed by atoms with Crippen LogP contribution in [0.3, 0.4) is 0 Å². The molecule has 2 heterocycles. The number of hydrogen-bond acceptors (Lipinski definition) is 2. The second kappa shape index (κ2) is 4.82. The number of halogens is 2. The van der Waals surface area contributed by atoms with Gasteiger partial charge in [0.25, 0.3) is 0 Å². The highest BCUT2D eigenvalue weighted by molar-refractivity contribution is 6.29. The van der Waals surface area contributed by atoms with Crippen molar-refractivity contribution in [1.29, 1.82) is 0 Å². The lowest BCUT2D eigenvalue weighted by Gasteiger charge is -2.20. The third-order valence-electron chi connectivity index (χ3n) is 3.69. The zero-order valence-corrected chi connectivity index (χ0v) is 10.6. The average molecular weight is 265 g/mol. The first-order valence-corrected chi connectivity index (χ1v) is 6.52. The van der Waals surface area contributed by atoms with Crippen LogP contribution < -0.4 is 5.32 Å². The van der Waals surface area contributed by atoms with E-state index < -0.39 is 0 Å². The maximum Gasteiger partial charge on any atom is 0.145 e. The molecule has 18 heavy (non-hydrogen) atoms. The van der Waals surface area contributed by atoms with Gasteiger partial charge >= 0.3 is 0 Å². The first-order valence-electron chi connectivity index (χ1n) is 6.14. The predicted molar refractivity (Wildman–Crippen MR) is 69.8 cm³/mol. The van der Waals surface area contributed by atoms with Crippen molar-refractivity contribution < 1.29 is 4.39 Å². The summed E-state index contributed by atoms with van der Waals surface area (Å²) in [6.07, 6.45) is 2.27. The Morgan fingerprint density at radius 3 is 2.89 bits per heavy atom. The summed E-state index contributed by atoms with van der Waals surface area (Å²) in [7, 11) is 0. The largest absolute Gasteiger partial charge is 0.316 e. The minimum absolute atomic E-state index is 0.251. The Kier molecular flexibility index (Phi) is 3.18. The number of nitrogens with one attached hydrogen (secondary N) is 1. The van der Waals surface area contributed by atoms with Crippen molar-refractivity contribution >= 4 is 11.6 Å². The van der Waals surface area contributed by atoms with Crippen molar-refractivity contribution in [2.75, 3.05) is 13.1 Å². The normalized spacial score (nSPS) is 24.3. The molecule has 1 aliphatic carbocycles. The summed E-state index contributed by atoms with van der Waals surface area (Å²) in [5, 5.41) is 3.64. The molecule has 3 rings (SSSR count). The smallest absolute Gasteiger partial charge is 0.145 e. The van der Waals surface area contributed by atoms with Crippen LogP contribution in [0.2, 0.25) is 5.15 Å². The van der Waals surface area contributed by atoms with Crippen molar-refractivity contribution in [3.05, 3.63) is 52.6 Å². The fourth-order valence-corrected chi connectivity index (χ4v) is 3.06. The van der Waals surface area contributed by atoms with Crippen LogP contribution in [0.1, 0.15) is 29.4 Å². The van der Waals surface area contributed by atoms with E-state index >= 15 is 0 Å².